The predicted molar refractivity (Wildman–Crippen MR) is 75.7 cm³/mol. The van der Waals surface area contributed by atoms with Gasteiger partial charge in [-0.1, -0.05) is 18.1 Å². The van der Waals surface area contributed by atoms with E-state index in [1.165, 1.54) is 5.56 Å². The smallest absolute Gasteiger partial charge is 0.337 e. The second-order valence-corrected chi connectivity index (χ2v) is 4.81. The fourth-order valence-corrected chi connectivity index (χ4v) is 1.94. The van der Waals surface area contributed by atoms with Crippen molar-refractivity contribution in [2.75, 3.05) is 5.32 Å². The van der Waals surface area contributed by atoms with Crippen LogP contribution in [0.5, 0.6) is 0 Å². The lowest BCUT2D eigenvalue weighted by Gasteiger charge is -2.09. The van der Waals surface area contributed by atoms with Crippen molar-refractivity contribution >= 4 is 11.7 Å². The van der Waals surface area contributed by atoms with Crippen LogP contribution in [0.4, 0.5) is 23.7 Å². The number of carbonyl (C=O) groups excluding carboxylic acids is 1. The number of hydrogen-bond donors (Lipinski definition) is 2. The number of nitrogens with one attached hydrogen (secondary N) is 2. The molecule has 0 bridgehead atoms. The van der Waals surface area contributed by atoms with Gasteiger partial charge in [0.05, 0.1) is 6.54 Å². The summed E-state index contributed by atoms with van der Waals surface area (Å²) in [5.74, 6) is -1.70. The normalized spacial score (nSPS) is 11.3. The molecule has 0 aliphatic carbocycles. The Balaban J connectivity index is 1.90. The maximum Gasteiger partial charge on any atom is 0.455 e. The summed E-state index contributed by atoms with van der Waals surface area (Å²) in [4.78, 5) is 14.9. The van der Waals surface area contributed by atoms with Gasteiger partial charge in [-0.15, -0.1) is 0 Å². The highest BCUT2D eigenvalue weighted by atomic mass is 19.4. The van der Waals surface area contributed by atoms with Gasteiger partial charge in [0.2, 0.25) is 5.89 Å². The van der Waals surface area contributed by atoms with Gasteiger partial charge in [0.15, 0.2) is 0 Å². The summed E-state index contributed by atoms with van der Waals surface area (Å²) in [6, 6.07) is 4.88. The number of benzene rings is 1. The van der Waals surface area contributed by atoms with Gasteiger partial charge in [-0.2, -0.15) is 18.2 Å². The van der Waals surface area contributed by atoms with E-state index in [0.29, 0.717) is 5.69 Å². The van der Waals surface area contributed by atoms with Crippen molar-refractivity contribution in [2.24, 2.45) is 0 Å². The Morgan fingerprint density at radius 3 is 2.65 bits per heavy atom. The number of halogens is 3. The number of carbonyl (C=O) groups is 1. The van der Waals surface area contributed by atoms with Gasteiger partial charge >= 0.3 is 12.2 Å². The van der Waals surface area contributed by atoms with E-state index in [9.17, 15) is 18.0 Å². The van der Waals surface area contributed by atoms with Crippen LogP contribution in [0.25, 0.3) is 0 Å². The Morgan fingerprint density at radius 1 is 1.35 bits per heavy atom. The van der Waals surface area contributed by atoms with Gasteiger partial charge in [-0.3, -0.25) is 0 Å². The molecule has 1 aromatic carbocycles. The molecule has 0 aliphatic heterocycles. The van der Waals surface area contributed by atoms with Crippen LogP contribution in [0.2, 0.25) is 0 Å². The summed E-state index contributed by atoms with van der Waals surface area (Å²) in [6.07, 6.45) is -3.79. The van der Waals surface area contributed by atoms with E-state index in [0.717, 1.165) is 12.0 Å². The monoisotopic (exact) mass is 328 g/mol. The molecular weight excluding hydrogens is 313 g/mol. The minimum absolute atomic E-state index is 0.305. The highest BCUT2D eigenvalue weighted by Gasteiger charge is 2.37. The molecule has 2 N–H and O–H groups in total. The summed E-state index contributed by atoms with van der Waals surface area (Å²) in [5, 5.41) is 7.72. The van der Waals surface area contributed by atoms with Crippen molar-refractivity contribution < 1.29 is 22.5 Å². The average Bonchev–Trinajstić information content (AvgIpc) is 2.94. The van der Waals surface area contributed by atoms with Crippen molar-refractivity contribution in [1.29, 1.82) is 0 Å². The molecule has 2 aromatic rings. The van der Waals surface area contributed by atoms with E-state index in [-0.39, 0.29) is 12.4 Å². The lowest BCUT2D eigenvalue weighted by Crippen LogP contribution is -2.28. The molecule has 1 heterocycles. The maximum atomic E-state index is 12.3. The van der Waals surface area contributed by atoms with Gasteiger partial charge in [-0.25, -0.2) is 4.79 Å². The van der Waals surface area contributed by atoms with Crippen molar-refractivity contribution in [1.82, 2.24) is 15.5 Å². The van der Waals surface area contributed by atoms with E-state index in [2.05, 4.69) is 25.3 Å². The maximum absolute atomic E-state index is 12.3. The number of urea groups is 1. The van der Waals surface area contributed by atoms with Gasteiger partial charge in [0.25, 0.3) is 5.82 Å². The van der Waals surface area contributed by atoms with Crippen LogP contribution >= 0.6 is 0 Å². The number of amides is 2. The summed E-state index contributed by atoms with van der Waals surface area (Å²) in [7, 11) is 0. The molecule has 23 heavy (non-hydrogen) atoms. The average molecular weight is 328 g/mol. The van der Waals surface area contributed by atoms with Gasteiger partial charge in [0, 0.05) is 5.69 Å². The fourth-order valence-electron chi connectivity index (χ4n) is 1.94. The third-order valence-corrected chi connectivity index (χ3v) is 3.10. The second-order valence-electron chi connectivity index (χ2n) is 4.81. The summed E-state index contributed by atoms with van der Waals surface area (Å²) < 4.78 is 41.3. The molecule has 0 atom stereocenters. The van der Waals surface area contributed by atoms with E-state index < -0.39 is 18.0 Å². The zero-order valence-electron chi connectivity index (χ0n) is 12.5. The van der Waals surface area contributed by atoms with E-state index in [1.54, 1.807) is 6.07 Å². The Hall–Kier alpha value is -2.58. The van der Waals surface area contributed by atoms with Crippen LogP contribution in [-0.2, 0) is 19.1 Å². The van der Waals surface area contributed by atoms with E-state index in [4.69, 9.17) is 0 Å². The fraction of sp³-hybridized carbons (Fsp3) is 0.357. The third kappa shape index (κ3) is 4.44. The number of aryl methyl sites for hydroxylation is 2. The highest BCUT2D eigenvalue weighted by Crippen LogP contribution is 2.26. The molecule has 0 spiro atoms. The van der Waals surface area contributed by atoms with Crippen LogP contribution in [0, 0.1) is 6.92 Å². The topological polar surface area (TPSA) is 80.0 Å². The molecule has 9 heteroatoms. The second kappa shape index (κ2) is 6.67. The van der Waals surface area contributed by atoms with Crippen molar-refractivity contribution in [3.8, 4) is 0 Å². The molecule has 0 fully saturated rings. The standard InChI is InChI=1S/C14H15F3N4O2/c1-3-9-4-5-10(6-8(9)2)19-13(22)18-7-11-20-12(21-23-11)14(15,16)17/h4-6H,3,7H2,1-2H3,(H2,18,19,22). The predicted octanol–water partition coefficient (Wildman–Crippen LogP) is 3.28. The lowest BCUT2D eigenvalue weighted by molar-refractivity contribution is -0.146. The van der Waals surface area contributed by atoms with E-state index in [1.807, 2.05) is 26.0 Å². The van der Waals surface area contributed by atoms with Crippen LogP contribution in [-0.4, -0.2) is 16.2 Å². The number of rotatable bonds is 4. The lowest BCUT2D eigenvalue weighted by atomic mass is 10.1. The number of anilines is 1. The molecule has 0 aliphatic rings. The first-order chi connectivity index (χ1) is 10.8. The Bertz CT molecular complexity index is 698. The minimum Gasteiger partial charge on any atom is -0.337 e. The molecule has 6 nitrogen and oxygen atoms in total. The molecule has 124 valence electrons. The third-order valence-electron chi connectivity index (χ3n) is 3.10. The Labute approximate surface area is 130 Å². The molecule has 1 aromatic heterocycles. The van der Waals surface area contributed by atoms with Crippen LogP contribution in [0.1, 0.15) is 29.8 Å². The molecular formula is C14H15F3N4O2. The van der Waals surface area contributed by atoms with Crippen LogP contribution < -0.4 is 10.6 Å². The first-order valence-corrected chi connectivity index (χ1v) is 6.83. The molecule has 2 rings (SSSR count). The van der Waals surface area contributed by atoms with Gasteiger partial charge in [-0.05, 0) is 36.6 Å². The van der Waals surface area contributed by atoms with Crippen LogP contribution in [0.15, 0.2) is 22.7 Å². The molecule has 0 unspecified atom stereocenters. The first-order valence-electron chi connectivity index (χ1n) is 6.83. The molecule has 0 saturated heterocycles. The van der Waals surface area contributed by atoms with Crippen molar-refractivity contribution in [3.05, 3.63) is 41.0 Å². The Kier molecular flexibility index (Phi) is 4.87. The van der Waals surface area contributed by atoms with Crippen LogP contribution in [0.3, 0.4) is 0 Å². The number of hydrogen-bond acceptors (Lipinski definition) is 4. The SMILES string of the molecule is CCc1ccc(NC(=O)NCc2nc(C(F)(F)F)no2)cc1C. The van der Waals surface area contributed by atoms with E-state index >= 15 is 0 Å². The zero-order chi connectivity index (χ0) is 17.0. The Morgan fingerprint density at radius 2 is 2.09 bits per heavy atom. The van der Waals surface area contributed by atoms with Crippen molar-refractivity contribution in [2.45, 2.75) is 33.0 Å². The molecule has 2 amide bonds. The largest absolute Gasteiger partial charge is 0.455 e. The van der Waals surface area contributed by atoms with Gasteiger partial charge in [0.1, 0.15) is 0 Å². The molecule has 0 radical (unpaired) electrons. The van der Waals surface area contributed by atoms with Gasteiger partial charge < -0.3 is 15.2 Å². The summed E-state index contributed by atoms with van der Waals surface area (Å²) in [6.45, 7) is 3.65. The van der Waals surface area contributed by atoms with Crippen molar-refractivity contribution in [3.63, 3.8) is 0 Å². The number of nitrogens with zero attached hydrogens (tertiary/aromatic N) is 2. The number of aromatic nitrogens is 2. The summed E-state index contributed by atoms with van der Waals surface area (Å²) in [5.41, 5.74) is 2.79. The zero-order valence-corrected chi connectivity index (χ0v) is 12.5. The number of alkyl halides is 3. The molecule has 0 saturated carbocycles. The quantitative estimate of drug-likeness (QED) is 0.902. The first kappa shape index (κ1) is 16.8. The summed E-state index contributed by atoms with van der Waals surface area (Å²) >= 11 is 0. The minimum atomic E-state index is -4.68. The highest BCUT2D eigenvalue weighted by molar-refractivity contribution is 5.89.